The molecule has 0 N–H and O–H groups in total. The van der Waals surface area contributed by atoms with Crippen LogP contribution < -0.4 is 9.30 Å². The van der Waals surface area contributed by atoms with Crippen molar-refractivity contribution >= 4 is 24.0 Å². The van der Waals surface area contributed by atoms with E-state index in [0.29, 0.717) is 33.5 Å². The molecule has 0 radical (unpaired) electrons. The molecule has 0 saturated carbocycles. The van der Waals surface area contributed by atoms with E-state index in [0.717, 1.165) is 5.56 Å². The van der Waals surface area contributed by atoms with Crippen molar-refractivity contribution in [1.82, 2.24) is 4.57 Å². The number of nitrogens with zero attached hydrogens (tertiary/aromatic N) is 4. The van der Waals surface area contributed by atoms with Crippen LogP contribution in [0, 0.1) is 20.2 Å². The zero-order chi connectivity index (χ0) is 23.7. The van der Waals surface area contributed by atoms with Gasteiger partial charge in [-0.1, -0.05) is 12.1 Å². The van der Waals surface area contributed by atoms with E-state index in [2.05, 4.69) is 0 Å². The lowest BCUT2D eigenvalue weighted by Crippen LogP contribution is -2.32. The summed E-state index contributed by atoms with van der Waals surface area (Å²) in [5.74, 6) is 1.39. The number of imidazole rings is 1. The number of hydrogen-bond acceptors (Lipinski definition) is 6. The zero-order valence-corrected chi connectivity index (χ0v) is 18.5. The number of hydrogen-bond donors (Lipinski definition) is 0. The van der Waals surface area contributed by atoms with Gasteiger partial charge in [-0.25, -0.2) is 9.13 Å². The minimum Gasteiger partial charge on any atom is -0.733 e. The molecule has 1 aromatic heterocycles. The monoisotopic (exact) mass is 462 g/mol. The quantitative estimate of drug-likeness (QED) is 0.182. The second-order valence-electron chi connectivity index (χ2n) is 7.18. The maximum absolute atomic E-state index is 11.3. The molecule has 0 aliphatic carbocycles. The molecular formula is C23H18N4O5S. The van der Waals surface area contributed by atoms with Gasteiger partial charge in [0.25, 0.3) is 17.2 Å². The summed E-state index contributed by atoms with van der Waals surface area (Å²) in [6.45, 7) is 0. The Labute approximate surface area is 194 Å². The van der Waals surface area contributed by atoms with Crippen molar-refractivity contribution in [3.63, 3.8) is 0 Å². The first-order valence-corrected chi connectivity index (χ1v) is 10.2. The van der Waals surface area contributed by atoms with Crippen LogP contribution in [0.5, 0.6) is 5.75 Å². The number of nitro benzene ring substituents is 2. The molecular weight excluding hydrogens is 444 g/mol. The number of nitro groups is 2. The van der Waals surface area contributed by atoms with Gasteiger partial charge < -0.3 is 17.4 Å². The van der Waals surface area contributed by atoms with Crippen LogP contribution in [0.2, 0.25) is 0 Å². The van der Waals surface area contributed by atoms with Crippen molar-refractivity contribution in [2.75, 3.05) is 7.11 Å². The summed E-state index contributed by atoms with van der Waals surface area (Å²) in [6.07, 6.45) is 0. The molecule has 0 aliphatic heterocycles. The van der Waals surface area contributed by atoms with E-state index >= 15 is 0 Å². The van der Waals surface area contributed by atoms with Crippen molar-refractivity contribution < 1.29 is 19.2 Å². The van der Waals surface area contributed by atoms with E-state index < -0.39 is 9.85 Å². The number of methoxy groups -OCH3 is 1. The Morgan fingerprint density at radius 1 is 0.879 bits per heavy atom. The molecule has 4 aromatic rings. The molecule has 0 spiro atoms. The van der Waals surface area contributed by atoms with Gasteiger partial charge in [0.2, 0.25) is 0 Å². The van der Waals surface area contributed by atoms with Crippen LogP contribution in [-0.2, 0) is 19.7 Å². The van der Waals surface area contributed by atoms with Gasteiger partial charge in [-0.05, 0) is 36.4 Å². The molecule has 0 fully saturated rings. The summed E-state index contributed by atoms with van der Waals surface area (Å²) in [7, 11) is 3.40. The Balaban J connectivity index is 1.99. The Morgan fingerprint density at radius 2 is 1.52 bits per heavy atom. The molecule has 0 atom stereocenters. The van der Waals surface area contributed by atoms with Gasteiger partial charge in [0, 0.05) is 34.9 Å². The van der Waals surface area contributed by atoms with Crippen LogP contribution >= 0.6 is 0 Å². The number of aromatic nitrogens is 2. The maximum atomic E-state index is 11.3. The van der Waals surface area contributed by atoms with Crippen molar-refractivity contribution in [1.29, 1.82) is 0 Å². The Bertz CT molecular complexity index is 1370. The Morgan fingerprint density at radius 3 is 2.09 bits per heavy atom. The first-order chi connectivity index (χ1) is 15.8. The summed E-state index contributed by atoms with van der Waals surface area (Å²) >= 11 is 5.82. The van der Waals surface area contributed by atoms with Crippen LogP contribution in [0.15, 0.2) is 77.8 Å². The Kier molecular flexibility index (Phi) is 5.76. The first-order valence-electron chi connectivity index (χ1n) is 9.77. The highest BCUT2D eigenvalue weighted by Crippen LogP contribution is 2.33. The van der Waals surface area contributed by atoms with Gasteiger partial charge in [-0.2, -0.15) is 0 Å². The van der Waals surface area contributed by atoms with Crippen LogP contribution in [-0.4, -0.2) is 21.5 Å². The lowest BCUT2D eigenvalue weighted by Gasteiger charge is -2.09. The first kappa shape index (κ1) is 21.9. The smallest absolute Gasteiger partial charge is 0.292 e. The topological polar surface area (TPSA) is 104 Å². The molecule has 166 valence electrons. The molecule has 3 aromatic carbocycles. The van der Waals surface area contributed by atoms with E-state index in [9.17, 15) is 20.2 Å². The van der Waals surface area contributed by atoms with E-state index in [1.165, 1.54) is 24.3 Å². The standard InChI is InChI=1S/C23H18N4O5S/c1-24-21(16-4-3-5-19(14-16)27(30)31)23(33)25(17-8-10-18(11-9-17)26(28)29)22(24)15-6-12-20(32-2)13-7-15/h3-14H,1-2H3. The minimum atomic E-state index is -0.465. The highest BCUT2D eigenvalue weighted by Gasteiger charge is 2.27. The third-order valence-corrected chi connectivity index (χ3v) is 5.64. The van der Waals surface area contributed by atoms with Crippen LogP contribution in [0.25, 0.3) is 28.3 Å². The molecule has 9 nitrogen and oxygen atoms in total. The SMILES string of the molecule is COc1ccc(-c2n(-c3ccc([N+](=O)[O-])cc3)c([S-])c(-c3cccc([N+](=O)[O-])c3)[n+]2C)cc1. The zero-order valence-electron chi connectivity index (χ0n) is 17.7. The van der Waals surface area contributed by atoms with Crippen LogP contribution in [0.1, 0.15) is 0 Å². The fraction of sp³-hybridized carbons (Fsp3) is 0.0870. The molecule has 33 heavy (non-hydrogen) atoms. The third kappa shape index (κ3) is 3.99. The van der Waals surface area contributed by atoms with Gasteiger partial charge in [-0.15, -0.1) is 0 Å². The highest BCUT2D eigenvalue weighted by atomic mass is 32.1. The van der Waals surface area contributed by atoms with E-state index in [-0.39, 0.29) is 11.4 Å². The van der Waals surface area contributed by atoms with E-state index in [1.54, 1.807) is 35.9 Å². The van der Waals surface area contributed by atoms with Gasteiger partial charge in [-0.3, -0.25) is 20.2 Å². The largest absolute Gasteiger partial charge is 0.733 e. The second-order valence-corrected chi connectivity index (χ2v) is 7.57. The van der Waals surface area contributed by atoms with Crippen molar-refractivity contribution in [3.05, 3.63) is 93.0 Å². The molecule has 0 unspecified atom stereocenters. The number of rotatable bonds is 6. The highest BCUT2D eigenvalue weighted by molar-refractivity contribution is 7.58. The number of benzene rings is 3. The summed E-state index contributed by atoms with van der Waals surface area (Å²) in [6, 6.07) is 19.7. The van der Waals surface area contributed by atoms with Crippen LogP contribution in [0.4, 0.5) is 11.4 Å². The van der Waals surface area contributed by atoms with Crippen molar-refractivity contribution in [3.8, 4) is 34.1 Å². The van der Waals surface area contributed by atoms with Crippen molar-refractivity contribution in [2.45, 2.75) is 5.03 Å². The fourth-order valence-electron chi connectivity index (χ4n) is 3.71. The predicted octanol–water partition coefficient (Wildman–Crippen LogP) is 4.37. The van der Waals surface area contributed by atoms with Gasteiger partial charge in [0.15, 0.2) is 5.69 Å². The molecule has 0 saturated heterocycles. The third-order valence-electron chi connectivity index (χ3n) is 5.27. The molecule has 4 rings (SSSR count). The van der Waals surface area contributed by atoms with E-state index in [1.807, 2.05) is 35.9 Å². The normalized spacial score (nSPS) is 10.7. The Hall–Kier alpha value is -4.31. The van der Waals surface area contributed by atoms with Gasteiger partial charge in [0.05, 0.1) is 29.6 Å². The van der Waals surface area contributed by atoms with Gasteiger partial charge >= 0.3 is 0 Å². The summed E-state index contributed by atoms with van der Waals surface area (Å²) in [4.78, 5) is 21.5. The van der Waals surface area contributed by atoms with E-state index in [4.69, 9.17) is 17.4 Å². The van der Waals surface area contributed by atoms with Crippen molar-refractivity contribution in [2.24, 2.45) is 7.05 Å². The minimum absolute atomic E-state index is 0.0360. The average molecular weight is 462 g/mol. The summed E-state index contributed by atoms with van der Waals surface area (Å²) in [5, 5.41) is 22.8. The molecule has 0 aliphatic rings. The van der Waals surface area contributed by atoms with Gasteiger partial charge in [0.1, 0.15) is 11.4 Å². The second kappa shape index (κ2) is 8.67. The summed E-state index contributed by atoms with van der Waals surface area (Å²) in [5.41, 5.74) is 2.57. The fourth-order valence-corrected chi connectivity index (χ4v) is 4.16. The predicted molar refractivity (Wildman–Crippen MR) is 123 cm³/mol. The maximum Gasteiger partial charge on any atom is 0.292 e. The lowest BCUT2D eigenvalue weighted by atomic mass is 10.1. The number of ether oxygens (including phenoxy) is 1. The average Bonchev–Trinajstić information content (AvgIpc) is 3.09. The molecule has 0 amide bonds. The number of non-ortho nitro benzene ring substituents is 2. The molecule has 10 heteroatoms. The molecule has 0 bridgehead atoms. The summed E-state index contributed by atoms with van der Waals surface area (Å²) < 4.78 is 8.92. The lowest BCUT2D eigenvalue weighted by molar-refractivity contribution is -0.649. The molecule has 1 heterocycles. The van der Waals surface area contributed by atoms with Crippen LogP contribution in [0.3, 0.4) is 0 Å².